The Balaban J connectivity index is 2.55. The van der Waals surface area contributed by atoms with E-state index in [2.05, 4.69) is 6.92 Å². The Bertz CT molecular complexity index is 243. The third-order valence-corrected chi connectivity index (χ3v) is 3.09. The lowest BCUT2D eigenvalue weighted by Gasteiger charge is -2.42. The molecule has 0 aromatic rings. The second-order valence-corrected chi connectivity index (χ2v) is 5.34. The van der Waals surface area contributed by atoms with Gasteiger partial charge in [0.25, 0.3) is 0 Å². The lowest BCUT2D eigenvalue weighted by atomic mass is 10.0. The summed E-state index contributed by atoms with van der Waals surface area (Å²) in [5.74, 6) is 0.675. The third kappa shape index (κ3) is 3.95. The van der Waals surface area contributed by atoms with Gasteiger partial charge in [0.2, 0.25) is 5.91 Å². The zero-order valence-electron chi connectivity index (χ0n) is 10.5. The highest BCUT2D eigenvalue weighted by Crippen LogP contribution is 2.22. The summed E-state index contributed by atoms with van der Waals surface area (Å²) in [4.78, 5) is 13.8. The number of hydrogen-bond acceptors (Lipinski definition) is 2. The van der Waals surface area contributed by atoms with Crippen LogP contribution in [-0.2, 0) is 9.53 Å². The number of ether oxygens (including phenoxy) is 1. The van der Waals surface area contributed by atoms with Crippen molar-refractivity contribution in [2.45, 2.75) is 51.7 Å². The molecule has 94 valence electrons. The lowest BCUT2D eigenvalue weighted by molar-refractivity contribution is -0.157. The lowest BCUT2D eigenvalue weighted by Crippen LogP contribution is -2.55. The van der Waals surface area contributed by atoms with Gasteiger partial charge in [-0.3, -0.25) is 4.79 Å². The summed E-state index contributed by atoms with van der Waals surface area (Å²) in [6, 6.07) is 0. The van der Waals surface area contributed by atoms with Crippen molar-refractivity contribution < 1.29 is 9.53 Å². The number of unbranched alkanes of at least 4 members (excludes halogenated alkanes) is 1. The van der Waals surface area contributed by atoms with Crippen LogP contribution in [0.15, 0.2) is 0 Å². The highest BCUT2D eigenvalue weighted by molar-refractivity contribution is 6.18. The highest BCUT2D eigenvalue weighted by atomic mass is 35.5. The van der Waals surface area contributed by atoms with Crippen molar-refractivity contribution >= 4 is 17.5 Å². The van der Waals surface area contributed by atoms with E-state index in [0.717, 1.165) is 12.8 Å². The van der Waals surface area contributed by atoms with Gasteiger partial charge in [0, 0.05) is 19.5 Å². The zero-order chi connectivity index (χ0) is 12.2. The maximum atomic E-state index is 11.9. The van der Waals surface area contributed by atoms with Gasteiger partial charge in [-0.15, -0.1) is 11.6 Å². The molecule has 1 amide bonds. The molecule has 0 saturated carbocycles. The van der Waals surface area contributed by atoms with Crippen LogP contribution < -0.4 is 0 Å². The normalized spacial score (nSPS) is 24.5. The molecule has 1 heterocycles. The molecule has 3 nitrogen and oxygen atoms in total. The van der Waals surface area contributed by atoms with Crippen LogP contribution in [0.2, 0.25) is 0 Å². The number of amides is 1. The van der Waals surface area contributed by atoms with Gasteiger partial charge < -0.3 is 9.64 Å². The average Bonchev–Trinajstić information content (AvgIpc) is 2.23. The Labute approximate surface area is 103 Å². The summed E-state index contributed by atoms with van der Waals surface area (Å²) in [6.45, 7) is 7.41. The van der Waals surface area contributed by atoms with E-state index in [1.807, 2.05) is 18.7 Å². The van der Waals surface area contributed by atoms with E-state index in [9.17, 15) is 4.79 Å². The standard InChI is InChI=1S/C12H22ClNO2/c1-4-5-6-11(15)14-8-10(7-13)16-12(2,3)9-14/h10H,4-9H2,1-3H3. The molecule has 16 heavy (non-hydrogen) atoms. The summed E-state index contributed by atoms with van der Waals surface area (Å²) in [5, 5.41) is 0. The van der Waals surface area contributed by atoms with Crippen molar-refractivity contribution in [2.24, 2.45) is 0 Å². The minimum atomic E-state index is -0.278. The van der Waals surface area contributed by atoms with Crippen LogP contribution in [0.3, 0.4) is 0 Å². The first-order valence-electron chi connectivity index (χ1n) is 6.00. The predicted octanol–water partition coefficient (Wildman–Crippen LogP) is 2.42. The first kappa shape index (κ1) is 13.8. The molecule has 1 unspecified atom stereocenters. The first-order valence-corrected chi connectivity index (χ1v) is 6.53. The van der Waals surface area contributed by atoms with Crippen molar-refractivity contribution in [2.75, 3.05) is 19.0 Å². The van der Waals surface area contributed by atoms with Crippen LogP contribution in [-0.4, -0.2) is 41.5 Å². The molecule has 4 heteroatoms. The van der Waals surface area contributed by atoms with Gasteiger partial charge >= 0.3 is 0 Å². The molecule has 0 N–H and O–H groups in total. The van der Waals surface area contributed by atoms with Crippen LogP contribution in [0, 0.1) is 0 Å². The topological polar surface area (TPSA) is 29.5 Å². The van der Waals surface area contributed by atoms with E-state index < -0.39 is 0 Å². The third-order valence-electron chi connectivity index (χ3n) is 2.75. The maximum absolute atomic E-state index is 11.9. The van der Waals surface area contributed by atoms with Gasteiger partial charge in [-0.05, 0) is 20.3 Å². The minimum absolute atomic E-state index is 0.0315. The minimum Gasteiger partial charge on any atom is -0.367 e. The molecule has 1 fully saturated rings. The molecule has 0 aliphatic carbocycles. The van der Waals surface area contributed by atoms with E-state index in [-0.39, 0.29) is 17.6 Å². The molecular formula is C12H22ClNO2. The number of carbonyl (C=O) groups is 1. The molecule has 0 radical (unpaired) electrons. The van der Waals surface area contributed by atoms with Gasteiger partial charge in [0.1, 0.15) is 0 Å². The second-order valence-electron chi connectivity index (χ2n) is 5.03. The number of hydrogen-bond donors (Lipinski definition) is 0. The van der Waals surface area contributed by atoms with Crippen molar-refractivity contribution in [3.05, 3.63) is 0 Å². The highest BCUT2D eigenvalue weighted by Gasteiger charge is 2.34. The molecule has 0 bridgehead atoms. The molecule has 0 spiro atoms. The van der Waals surface area contributed by atoms with Gasteiger partial charge in [0.15, 0.2) is 0 Å². The van der Waals surface area contributed by atoms with Crippen LogP contribution in [0.5, 0.6) is 0 Å². The Morgan fingerprint density at radius 2 is 2.25 bits per heavy atom. The first-order chi connectivity index (χ1) is 7.48. The number of morpholine rings is 1. The largest absolute Gasteiger partial charge is 0.367 e. The second kappa shape index (κ2) is 5.87. The SMILES string of the molecule is CCCCC(=O)N1CC(CCl)OC(C)(C)C1. The summed E-state index contributed by atoms with van der Waals surface area (Å²) >= 11 is 5.82. The van der Waals surface area contributed by atoms with Crippen LogP contribution in [0.25, 0.3) is 0 Å². The molecule has 1 rings (SSSR count). The van der Waals surface area contributed by atoms with Gasteiger partial charge in [-0.25, -0.2) is 0 Å². The Morgan fingerprint density at radius 3 is 2.81 bits per heavy atom. The molecule has 1 aliphatic rings. The van der Waals surface area contributed by atoms with E-state index >= 15 is 0 Å². The summed E-state index contributed by atoms with van der Waals surface area (Å²) in [6.07, 6.45) is 2.62. The average molecular weight is 248 g/mol. The predicted molar refractivity (Wildman–Crippen MR) is 65.8 cm³/mol. The fourth-order valence-electron chi connectivity index (χ4n) is 2.05. The van der Waals surface area contributed by atoms with Crippen molar-refractivity contribution in [1.29, 1.82) is 0 Å². The summed E-state index contributed by atoms with van der Waals surface area (Å²) in [5.41, 5.74) is -0.278. The number of carbonyl (C=O) groups excluding carboxylic acids is 1. The van der Waals surface area contributed by atoms with E-state index in [0.29, 0.717) is 25.4 Å². The number of alkyl halides is 1. The number of halogens is 1. The molecule has 1 aliphatic heterocycles. The Morgan fingerprint density at radius 1 is 1.56 bits per heavy atom. The quantitative estimate of drug-likeness (QED) is 0.714. The maximum Gasteiger partial charge on any atom is 0.222 e. The molecular weight excluding hydrogens is 226 g/mol. The van der Waals surface area contributed by atoms with Crippen LogP contribution >= 0.6 is 11.6 Å². The molecule has 0 aromatic heterocycles. The van der Waals surface area contributed by atoms with Gasteiger partial charge in [0.05, 0.1) is 17.6 Å². The van der Waals surface area contributed by atoms with Crippen LogP contribution in [0.4, 0.5) is 0 Å². The Kier molecular flexibility index (Phi) is 5.06. The van der Waals surface area contributed by atoms with E-state index in [1.54, 1.807) is 0 Å². The van der Waals surface area contributed by atoms with E-state index in [1.165, 1.54) is 0 Å². The van der Waals surface area contributed by atoms with Gasteiger partial charge in [-0.2, -0.15) is 0 Å². The molecule has 1 saturated heterocycles. The number of nitrogens with zero attached hydrogens (tertiary/aromatic N) is 1. The fraction of sp³-hybridized carbons (Fsp3) is 0.917. The summed E-state index contributed by atoms with van der Waals surface area (Å²) < 4.78 is 5.78. The van der Waals surface area contributed by atoms with Gasteiger partial charge in [-0.1, -0.05) is 13.3 Å². The number of rotatable bonds is 4. The Hall–Kier alpha value is -0.280. The van der Waals surface area contributed by atoms with Crippen LogP contribution in [0.1, 0.15) is 40.0 Å². The molecule has 1 atom stereocenters. The molecule has 0 aromatic carbocycles. The monoisotopic (exact) mass is 247 g/mol. The van der Waals surface area contributed by atoms with Crippen molar-refractivity contribution in [3.63, 3.8) is 0 Å². The van der Waals surface area contributed by atoms with E-state index in [4.69, 9.17) is 16.3 Å². The van der Waals surface area contributed by atoms with Crippen molar-refractivity contribution in [3.8, 4) is 0 Å². The summed E-state index contributed by atoms with van der Waals surface area (Å²) in [7, 11) is 0. The zero-order valence-corrected chi connectivity index (χ0v) is 11.2. The van der Waals surface area contributed by atoms with Crippen molar-refractivity contribution in [1.82, 2.24) is 4.90 Å². The fourth-order valence-corrected chi connectivity index (χ4v) is 2.21. The smallest absolute Gasteiger partial charge is 0.222 e.